The number of carboxylic acid groups (broad SMARTS) is 1. The summed E-state index contributed by atoms with van der Waals surface area (Å²) in [7, 11) is 1.64. The van der Waals surface area contributed by atoms with Crippen LogP contribution >= 0.6 is 0 Å². The van der Waals surface area contributed by atoms with Crippen LogP contribution in [0.25, 0.3) is 0 Å². The second kappa shape index (κ2) is 6.10. The van der Waals surface area contributed by atoms with Crippen LogP contribution < -0.4 is 0 Å². The van der Waals surface area contributed by atoms with Crippen molar-refractivity contribution in [3.63, 3.8) is 0 Å². The summed E-state index contributed by atoms with van der Waals surface area (Å²) in [4.78, 5) is 19.9. The Morgan fingerprint density at radius 2 is 2.00 bits per heavy atom. The first kappa shape index (κ1) is 15.6. The van der Waals surface area contributed by atoms with Gasteiger partial charge in [-0.2, -0.15) is 0 Å². The van der Waals surface area contributed by atoms with Gasteiger partial charge in [0.15, 0.2) is 5.82 Å². The third-order valence-corrected chi connectivity index (χ3v) is 3.54. The number of ether oxygens (including phenoxy) is 1. The summed E-state index contributed by atoms with van der Waals surface area (Å²) in [5.74, 6) is -0.406. The van der Waals surface area contributed by atoms with Crippen molar-refractivity contribution in [2.24, 2.45) is 0 Å². The van der Waals surface area contributed by atoms with E-state index in [4.69, 9.17) is 9.84 Å². The zero-order valence-corrected chi connectivity index (χ0v) is 12.2. The van der Waals surface area contributed by atoms with Crippen molar-refractivity contribution in [3.05, 3.63) is 23.3 Å². The van der Waals surface area contributed by atoms with Crippen LogP contribution in [0, 0.1) is 0 Å². The third kappa shape index (κ3) is 2.92. The predicted molar refractivity (Wildman–Crippen MR) is 72.3 cm³/mol. The number of hydrogen-bond acceptors (Lipinski definition) is 4. The Morgan fingerprint density at radius 3 is 2.37 bits per heavy atom. The molecule has 1 heterocycles. The molecule has 1 rings (SSSR count). The molecule has 19 heavy (non-hydrogen) atoms. The number of carbonyl (C=O) groups is 1. The highest BCUT2D eigenvalue weighted by molar-refractivity contribution is 5.88. The molecule has 1 aromatic rings. The van der Waals surface area contributed by atoms with Crippen molar-refractivity contribution in [2.45, 2.75) is 52.1 Å². The molecule has 0 spiro atoms. The predicted octanol–water partition coefficient (Wildman–Crippen LogP) is 2.96. The van der Waals surface area contributed by atoms with Crippen LogP contribution in [0.3, 0.4) is 0 Å². The van der Waals surface area contributed by atoms with E-state index in [9.17, 15) is 4.79 Å². The van der Waals surface area contributed by atoms with E-state index in [0.717, 1.165) is 12.8 Å². The molecule has 0 atom stereocenters. The molecular formula is C14H22N2O3. The van der Waals surface area contributed by atoms with E-state index in [2.05, 4.69) is 9.97 Å². The summed E-state index contributed by atoms with van der Waals surface area (Å²) < 4.78 is 5.58. The van der Waals surface area contributed by atoms with Gasteiger partial charge in [0.25, 0.3) is 0 Å². The topological polar surface area (TPSA) is 72.3 Å². The van der Waals surface area contributed by atoms with Crippen LogP contribution in [0.2, 0.25) is 0 Å². The van der Waals surface area contributed by atoms with Crippen molar-refractivity contribution in [1.29, 1.82) is 0 Å². The Morgan fingerprint density at radius 1 is 1.42 bits per heavy atom. The summed E-state index contributed by atoms with van der Waals surface area (Å²) in [5.41, 5.74) is 0.178. The second-order valence-electron chi connectivity index (χ2n) is 4.86. The Kier molecular flexibility index (Phi) is 5.00. The maximum Gasteiger partial charge on any atom is 0.339 e. The van der Waals surface area contributed by atoms with Crippen LogP contribution in [0.4, 0.5) is 0 Å². The second-order valence-corrected chi connectivity index (χ2v) is 4.86. The van der Waals surface area contributed by atoms with Crippen molar-refractivity contribution in [2.75, 3.05) is 7.11 Å². The summed E-state index contributed by atoms with van der Waals surface area (Å²) >= 11 is 0. The fraction of sp³-hybridized carbons (Fsp3) is 0.643. The van der Waals surface area contributed by atoms with Gasteiger partial charge in [-0.3, -0.25) is 0 Å². The minimum atomic E-state index is -0.994. The van der Waals surface area contributed by atoms with Crippen LogP contribution in [0.1, 0.15) is 68.3 Å². The maximum absolute atomic E-state index is 11.2. The van der Waals surface area contributed by atoms with E-state index in [-0.39, 0.29) is 11.5 Å². The molecule has 0 fully saturated rings. The lowest BCUT2D eigenvalue weighted by atomic mass is 9.95. The molecule has 0 unspecified atom stereocenters. The fourth-order valence-electron chi connectivity index (χ4n) is 2.17. The lowest BCUT2D eigenvalue weighted by Crippen LogP contribution is -2.30. The maximum atomic E-state index is 11.2. The Balaban J connectivity index is 3.40. The Hall–Kier alpha value is -1.49. The minimum Gasteiger partial charge on any atom is -0.478 e. The van der Waals surface area contributed by atoms with E-state index >= 15 is 0 Å². The van der Waals surface area contributed by atoms with Gasteiger partial charge in [-0.05, 0) is 18.8 Å². The van der Waals surface area contributed by atoms with E-state index in [1.54, 1.807) is 7.11 Å². The summed E-state index contributed by atoms with van der Waals surface area (Å²) in [6, 6.07) is 0. The average Bonchev–Trinajstić information content (AvgIpc) is 2.41. The Bertz CT molecular complexity index is 446. The number of hydrogen-bond donors (Lipinski definition) is 1. The van der Waals surface area contributed by atoms with E-state index < -0.39 is 11.6 Å². The van der Waals surface area contributed by atoms with Crippen LogP contribution in [-0.4, -0.2) is 28.2 Å². The monoisotopic (exact) mass is 266 g/mol. The Labute approximate surface area is 114 Å². The molecule has 5 heteroatoms. The van der Waals surface area contributed by atoms with E-state index in [1.807, 2.05) is 27.7 Å². The summed E-state index contributed by atoms with van der Waals surface area (Å²) in [6.45, 7) is 7.86. The molecule has 0 radical (unpaired) electrons. The van der Waals surface area contributed by atoms with Crippen molar-refractivity contribution in [1.82, 2.24) is 9.97 Å². The van der Waals surface area contributed by atoms with Gasteiger partial charge in [0, 0.05) is 13.3 Å². The van der Waals surface area contributed by atoms with Crippen molar-refractivity contribution < 1.29 is 14.6 Å². The molecule has 1 aromatic heterocycles. The van der Waals surface area contributed by atoms with Crippen LogP contribution in [0.15, 0.2) is 6.20 Å². The zero-order valence-electron chi connectivity index (χ0n) is 12.2. The molecule has 1 N–H and O–H groups in total. The smallest absolute Gasteiger partial charge is 0.339 e. The van der Waals surface area contributed by atoms with Crippen molar-refractivity contribution >= 4 is 5.97 Å². The number of rotatable bonds is 6. The van der Waals surface area contributed by atoms with Gasteiger partial charge >= 0.3 is 5.97 Å². The van der Waals surface area contributed by atoms with Gasteiger partial charge in [-0.25, -0.2) is 14.8 Å². The largest absolute Gasteiger partial charge is 0.478 e. The lowest BCUT2D eigenvalue weighted by Gasteiger charge is -2.29. The fourth-order valence-corrected chi connectivity index (χ4v) is 2.17. The number of carboxylic acids is 1. The van der Waals surface area contributed by atoms with Gasteiger partial charge in [0.2, 0.25) is 0 Å². The molecule has 0 aromatic carbocycles. The van der Waals surface area contributed by atoms with Gasteiger partial charge < -0.3 is 9.84 Å². The molecular weight excluding hydrogens is 244 g/mol. The molecule has 0 saturated carbocycles. The quantitative estimate of drug-likeness (QED) is 0.857. The van der Waals surface area contributed by atoms with Gasteiger partial charge in [0.1, 0.15) is 5.60 Å². The van der Waals surface area contributed by atoms with E-state index in [1.165, 1.54) is 6.20 Å². The highest BCUT2D eigenvalue weighted by Crippen LogP contribution is 2.31. The molecule has 0 aliphatic heterocycles. The van der Waals surface area contributed by atoms with Crippen LogP contribution in [0.5, 0.6) is 0 Å². The number of methoxy groups -OCH3 is 1. The first-order valence-corrected chi connectivity index (χ1v) is 6.57. The third-order valence-electron chi connectivity index (χ3n) is 3.54. The molecule has 0 saturated heterocycles. The molecule has 0 bridgehead atoms. The number of aromatic carboxylic acids is 1. The zero-order chi connectivity index (χ0) is 14.6. The minimum absolute atomic E-state index is 0.0242. The SMILES string of the molecule is CCC(CC)(OC)c1ncc(C(=O)O)c(C(C)C)n1. The highest BCUT2D eigenvalue weighted by atomic mass is 16.5. The average molecular weight is 266 g/mol. The highest BCUT2D eigenvalue weighted by Gasteiger charge is 2.32. The van der Waals surface area contributed by atoms with Crippen LogP contribution in [-0.2, 0) is 10.3 Å². The van der Waals surface area contributed by atoms with E-state index in [0.29, 0.717) is 11.5 Å². The lowest BCUT2D eigenvalue weighted by molar-refractivity contribution is -0.0294. The molecule has 106 valence electrons. The molecule has 5 nitrogen and oxygen atoms in total. The molecule has 0 aliphatic carbocycles. The number of nitrogens with zero attached hydrogens (tertiary/aromatic N) is 2. The number of aromatic nitrogens is 2. The van der Waals surface area contributed by atoms with Crippen molar-refractivity contribution in [3.8, 4) is 0 Å². The first-order chi connectivity index (χ1) is 8.91. The summed E-state index contributed by atoms with van der Waals surface area (Å²) in [5, 5.41) is 9.17. The summed E-state index contributed by atoms with van der Waals surface area (Å²) in [6.07, 6.45) is 2.87. The van der Waals surface area contributed by atoms with Gasteiger partial charge in [-0.15, -0.1) is 0 Å². The van der Waals surface area contributed by atoms with Gasteiger partial charge in [-0.1, -0.05) is 27.7 Å². The van der Waals surface area contributed by atoms with Gasteiger partial charge in [0.05, 0.1) is 11.3 Å². The first-order valence-electron chi connectivity index (χ1n) is 6.57. The molecule has 0 amide bonds. The molecule has 0 aliphatic rings. The standard InChI is InChI=1S/C14H22N2O3/c1-6-14(7-2,19-5)13-15-8-10(12(17)18)11(16-13)9(3)4/h8-9H,6-7H2,1-5H3,(H,17,18). The normalized spacial score (nSPS) is 11.9.